The molecule has 0 radical (unpaired) electrons. The van der Waals surface area contributed by atoms with Gasteiger partial charge in [0.2, 0.25) is 5.91 Å². The highest BCUT2D eigenvalue weighted by atomic mass is 35.5. The molecule has 3 rings (SSSR count). The van der Waals surface area contributed by atoms with Gasteiger partial charge in [-0.3, -0.25) is 9.79 Å². The van der Waals surface area contributed by atoms with Crippen molar-refractivity contribution in [3.05, 3.63) is 51.5 Å². The molecule has 1 fully saturated rings. The number of hydrogen-bond donors (Lipinski definition) is 1. The summed E-state index contributed by atoms with van der Waals surface area (Å²) in [4.78, 5) is 18.5. The van der Waals surface area contributed by atoms with Crippen molar-refractivity contribution >= 4 is 29.7 Å². The Morgan fingerprint density at radius 1 is 1.24 bits per heavy atom. The van der Waals surface area contributed by atoms with Gasteiger partial charge in [-0.25, -0.2) is 4.39 Å². The van der Waals surface area contributed by atoms with Crippen LogP contribution in [0.1, 0.15) is 63.1 Å². The van der Waals surface area contributed by atoms with E-state index in [0.717, 1.165) is 35.4 Å². The van der Waals surface area contributed by atoms with E-state index in [1.54, 1.807) is 23.5 Å². The Balaban J connectivity index is 0.00000300. The van der Waals surface area contributed by atoms with Crippen LogP contribution >= 0.6 is 23.7 Å². The second-order valence-corrected chi connectivity index (χ2v) is 8.35. The van der Waals surface area contributed by atoms with Gasteiger partial charge in [-0.15, -0.1) is 23.7 Å². The van der Waals surface area contributed by atoms with Gasteiger partial charge in [0.25, 0.3) is 0 Å². The molecule has 7 heteroatoms. The fourth-order valence-corrected chi connectivity index (χ4v) is 4.56. The van der Waals surface area contributed by atoms with E-state index < -0.39 is 0 Å². The molecule has 2 aromatic rings. The highest BCUT2D eigenvalue weighted by Gasteiger charge is 2.14. The number of rotatable bonds is 8. The number of carbonyl (C=O) groups excluding carboxylic acids is 1. The molecule has 1 heterocycles. The van der Waals surface area contributed by atoms with Crippen molar-refractivity contribution in [1.29, 1.82) is 0 Å². The van der Waals surface area contributed by atoms with Crippen LogP contribution in [0.2, 0.25) is 0 Å². The van der Waals surface area contributed by atoms with Gasteiger partial charge < -0.3 is 9.88 Å². The topological polar surface area (TPSA) is 46.4 Å². The largest absolute Gasteiger partial charge is 0.352 e. The van der Waals surface area contributed by atoms with Crippen molar-refractivity contribution in [3.8, 4) is 0 Å². The first-order chi connectivity index (χ1) is 13.7. The first-order valence-electron chi connectivity index (χ1n) is 10.4. The van der Waals surface area contributed by atoms with Gasteiger partial charge in [-0.05, 0) is 37.0 Å². The lowest BCUT2D eigenvalue weighted by Gasteiger charge is -2.17. The van der Waals surface area contributed by atoms with Crippen molar-refractivity contribution in [2.24, 2.45) is 4.99 Å². The van der Waals surface area contributed by atoms with Crippen LogP contribution in [0, 0.1) is 5.82 Å². The summed E-state index contributed by atoms with van der Waals surface area (Å²) in [6, 6.07) is 6.65. The fourth-order valence-electron chi connectivity index (χ4n) is 3.56. The molecule has 1 aliphatic rings. The number of halogens is 2. The van der Waals surface area contributed by atoms with E-state index in [9.17, 15) is 9.18 Å². The normalized spacial score (nSPS) is 15.2. The maximum absolute atomic E-state index is 13.0. The third-order valence-electron chi connectivity index (χ3n) is 5.23. The highest BCUT2D eigenvalue weighted by molar-refractivity contribution is 7.07. The smallest absolute Gasteiger partial charge is 0.226 e. The molecule has 4 nitrogen and oxygen atoms in total. The van der Waals surface area contributed by atoms with E-state index in [1.807, 2.05) is 0 Å². The van der Waals surface area contributed by atoms with E-state index >= 15 is 0 Å². The van der Waals surface area contributed by atoms with Crippen LogP contribution in [0.4, 0.5) is 4.39 Å². The number of aromatic nitrogens is 1. The Morgan fingerprint density at radius 3 is 2.66 bits per heavy atom. The first-order valence-corrected chi connectivity index (χ1v) is 11.3. The third-order valence-corrected chi connectivity index (χ3v) is 6.15. The van der Waals surface area contributed by atoms with Crippen molar-refractivity contribution in [3.63, 3.8) is 0 Å². The minimum absolute atomic E-state index is 0. The van der Waals surface area contributed by atoms with E-state index in [-0.39, 0.29) is 24.1 Å². The second kappa shape index (κ2) is 12.1. The Labute approximate surface area is 182 Å². The standard InChI is InChI=1S/C22H30FN3OS.ClH/c1-2-3-13-26-20(16-28-22(26)25-19-7-5-4-6-8-19)14-21(27)24-15-17-9-11-18(23)12-10-17;/h9-12,16,19H,2-8,13-15H2,1H3,(H,24,27);1H. The summed E-state index contributed by atoms with van der Waals surface area (Å²) in [7, 11) is 0. The molecule has 0 unspecified atom stereocenters. The lowest BCUT2D eigenvalue weighted by molar-refractivity contribution is -0.120. The van der Waals surface area contributed by atoms with Gasteiger partial charge >= 0.3 is 0 Å². The zero-order valence-electron chi connectivity index (χ0n) is 17.0. The van der Waals surface area contributed by atoms with Crippen LogP contribution in [0.3, 0.4) is 0 Å². The predicted octanol–water partition coefficient (Wildman–Crippen LogP) is 5.00. The van der Waals surface area contributed by atoms with Gasteiger partial charge in [-0.2, -0.15) is 0 Å². The van der Waals surface area contributed by atoms with Gasteiger partial charge in [0.15, 0.2) is 4.80 Å². The van der Waals surface area contributed by atoms with Gasteiger partial charge in [0.05, 0.1) is 12.5 Å². The zero-order valence-corrected chi connectivity index (χ0v) is 18.7. The van der Waals surface area contributed by atoms with Crippen molar-refractivity contribution in [2.45, 2.75) is 77.4 Å². The molecule has 0 bridgehead atoms. The summed E-state index contributed by atoms with van der Waals surface area (Å²) in [5.41, 5.74) is 1.93. The summed E-state index contributed by atoms with van der Waals surface area (Å²) >= 11 is 1.65. The number of unbranched alkanes of at least 4 members (excludes halogenated alkanes) is 1. The molecule has 1 aromatic heterocycles. The summed E-state index contributed by atoms with van der Waals surface area (Å²) < 4.78 is 15.2. The quantitative estimate of drug-likeness (QED) is 0.617. The number of nitrogens with one attached hydrogen (secondary N) is 1. The van der Waals surface area contributed by atoms with E-state index in [1.165, 1.54) is 44.2 Å². The van der Waals surface area contributed by atoms with Gasteiger partial charge in [0, 0.05) is 24.2 Å². The van der Waals surface area contributed by atoms with E-state index in [0.29, 0.717) is 19.0 Å². The maximum atomic E-state index is 13.0. The zero-order chi connectivity index (χ0) is 19.8. The molecule has 1 aliphatic carbocycles. The Bertz CT molecular complexity index is 825. The predicted molar refractivity (Wildman–Crippen MR) is 119 cm³/mol. The molecular formula is C22H31ClFN3OS. The third kappa shape index (κ3) is 7.27. The highest BCUT2D eigenvalue weighted by Crippen LogP contribution is 2.20. The number of thiazole rings is 1. The van der Waals surface area contributed by atoms with E-state index in [2.05, 4.69) is 22.2 Å². The molecule has 0 aliphatic heterocycles. The first kappa shape index (κ1) is 23.6. The Kier molecular flexibility index (Phi) is 9.88. The minimum Gasteiger partial charge on any atom is -0.352 e. The molecular weight excluding hydrogens is 409 g/mol. The van der Waals surface area contributed by atoms with Crippen LogP contribution in [0.5, 0.6) is 0 Å². The molecule has 1 N–H and O–H groups in total. The van der Waals surface area contributed by atoms with Crippen molar-refractivity contribution < 1.29 is 9.18 Å². The summed E-state index contributed by atoms with van der Waals surface area (Å²) in [5, 5.41) is 5.02. The number of nitrogens with zero attached hydrogens (tertiary/aromatic N) is 2. The molecule has 1 amide bonds. The second-order valence-electron chi connectivity index (χ2n) is 7.52. The monoisotopic (exact) mass is 439 g/mol. The lowest BCUT2D eigenvalue weighted by Crippen LogP contribution is -2.28. The molecule has 1 saturated carbocycles. The van der Waals surface area contributed by atoms with E-state index in [4.69, 9.17) is 4.99 Å². The average Bonchev–Trinajstić information content (AvgIpc) is 3.07. The van der Waals surface area contributed by atoms with Crippen molar-refractivity contribution in [1.82, 2.24) is 9.88 Å². The van der Waals surface area contributed by atoms with Crippen LogP contribution in [-0.2, 0) is 24.3 Å². The van der Waals surface area contributed by atoms with Gasteiger partial charge in [0.1, 0.15) is 5.82 Å². The maximum Gasteiger partial charge on any atom is 0.226 e. The Hall–Kier alpha value is -1.66. The Morgan fingerprint density at radius 2 is 1.97 bits per heavy atom. The average molecular weight is 440 g/mol. The molecule has 160 valence electrons. The molecule has 0 atom stereocenters. The molecule has 0 spiro atoms. The molecule has 29 heavy (non-hydrogen) atoms. The number of amides is 1. The minimum atomic E-state index is -0.264. The lowest BCUT2D eigenvalue weighted by atomic mass is 9.96. The SMILES string of the molecule is CCCCn1c(CC(=O)NCc2ccc(F)cc2)csc1=NC1CCCCC1.Cl. The fraction of sp³-hybridized carbons (Fsp3) is 0.545. The summed E-state index contributed by atoms with van der Waals surface area (Å²) in [6.07, 6.45) is 8.77. The summed E-state index contributed by atoms with van der Waals surface area (Å²) in [5.74, 6) is -0.281. The summed E-state index contributed by atoms with van der Waals surface area (Å²) in [6.45, 7) is 3.50. The number of carbonyl (C=O) groups is 1. The molecule has 0 saturated heterocycles. The van der Waals surface area contributed by atoms with Crippen LogP contribution in [0.15, 0.2) is 34.6 Å². The van der Waals surface area contributed by atoms with Crippen molar-refractivity contribution in [2.75, 3.05) is 0 Å². The van der Waals surface area contributed by atoms with Crippen LogP contribution in [0.25, 0.3) is 0 Å². The number of benzene rings is 1. The number of hydrogen-bond acceptors (Lipinski definition) is 3. The van der Waals surface area contributed by atoms with Crippen LogP contribution in [-0.4, -0.2) is 16.5 Å². The van der Waals surface area contributed by atoms with Gasteiger partial charge in [-0.1, -0.05) is 44.7 Å². The van der Waals surface area contributed by atoms with Crippen LogP contribution < -0.4 is 10.1 Å². The molecule has 1 aromatic carbocycles.